The number of aromatic nitrogens is 1. The van der Waals surface area contributed by atoms with E-state index >= 15 is 0 Å². The van der Waals surface area contributed by atoms with Crippen LogP contribution in [0.2, 0.25) is 0 Å². The lowest BCUT2D eigenvalue weighted by atomic mass is 9.98. The molecule has 0 saturated heterocycles. The van der Waals surface area contributed by atoms with Gasteiger partial charge in [0.25, 0.3) is 0 Å². The minimum Gasteiger partial charge on any atom is -0.311 e. The van der Waals surface area contributed by atoms with Crippen LogP contribution in [0.4, 0.5) is 0 Å². The molecule has 1 heterocycles. The zero-order valence-corrected chi connectivity index (χ0v) is 14.2. The molecule has 1 aliphatic rings. The van der Waals surface area contributed by atoms with Crippen molar-refractivity contribution < 1.29 is 0 Å². The maximum absolute atomic E-state index is 4.73. The Morgan fingerprint density at radius 2 is 1.79 bits per heavy atom. The summed E-state index contributed by atoms with van der Waals surface area (Å²) in [5, 5.41) is 7.01. The van der Waals surface area contributed by atoms with E-state index in [1.165, 1.54) is 10.7 Å². The lowest BCUT2D eigenvalue weighted by molar-refractivity contribution is 0.457. The Morgan fingerprint density at radius 1 is 1.21 bits per heavy atom. The van der Waals surface area contributed by atoms with Crippen LogP contribution < -0.4 is 5.32 Å². The molecule has 1 aromatic rings. The molecule has 1 saturated carbocycles. The van der Waals surface area contributed by atoms with E-state index in [-0.39, 0.29) is 5.41 Å². The lowest BCUT2D eigenvalue weighted by Gasteiger charge is -2.13. The van der Waals surface area contributed by atoms with E-state index in [1.807, 2.05) is 0 Å². The van der Waals surface area contributed by atoms with Crippen molar-refractivity contribution in [3.8, 4) is 0 Å². The first-order chi connectivity index (χ1) is 8.57. The van der Waals surface area contributed by atoms with Gasteiger partial charge in [-0.25, -0.2) is 4.98 Å². The first-order valence-corrected chi connectivity index (χ1v) is 8.10. The molecule has 2 rings (SSSR count). The highest BCUT2D eigenvalue weighted by Gasteiger charge is 2.63. The highest BCUT2D eigenvalue weighted by molar-refractivity contribution is 7.09. The fourth-order valence-corrected chi connectivity index (χ4v) is 3.83. The van der Waals surface area contributed by atoms with Crippen LogP contribution in [-0.2, 0) is 12.0 Å². The minimum absolute atomic E-state index is 0.170. The van der Waals surface area contributed by atoms with Crippen LogP contribution in [0.5, 0.6) is 0 Å². The van der Waals surface area contributed by atoms with Crippen LogP contribution in [0.1, 0.15) is 59.2 Å². The summed E-state index contributed by atoms with van der Waals surface area (Å²) in [6.07, 6.45) is 0. The van der Waals surface area contributed by atoms with Gasteiger partial charge in [-0.05, 0) is 23.3 Å². The topological polar surface area (TPSA) is 24.9 Å². The van der Waals surface area contributed by atoms with Crippen molar-refractivity contribution in [1.82, 2.24) is 10.3 Å². The number of rotatable bonds is 4. The van der Waals surface area contributed by atoms with Gasteiger partial charge in [-0.3, -0.25) is 0 Å². The van der Waals surface area contributed by atoms with Crippen LogP contribution in [0.15, 0.2) is 5.38 Å². The largest absolute Gasteiger partial charge is 0.311 e. The Bertz CT molecular complexity index is 438. The van der Waals surface area contributed by atoms with Crippen molar-refractivity contribution in [1.29, 1.82) is 0 Å². The molecule has 3 heteroatoms. The maximum Gasteiger partial charge on any atom is 0.0982 e. The van der Waals surface area contributed by atoms with Crippen LogP contribution in [0, 0.1) is 16.7 Å². The van der Waals surface area contributed by atoms with E-state index in [4.69, 9.17) is 4.98 Å². The van der Waals surface area contributed by atoms with Gasteiger partial charge in [0, 0.05) is 17.3 Å². The summed E-state index contributed by atoms with van der Waals surface area (Å²) < 4.78 is 0. The Morgan fingerprint density at radius 3 is 2.21 bits per heavy atom. The lowest BCUT2D eigenvalue weighted by Crippen LogP contribution is -2.19. The quantitative estimate of drug-likeness (QED) is 0.893. The van der Waals surface area contributed by atoms with Crippen molar-refractivity contribution in [2.75, 3.05) is 6.54 Å². The summed E-state index contributed by atoms with van der Waals surface area (Å²) in [5.74, 6) is 0.778. The zero-order chi connectivity index (χ0) is 14.5. The van der Waals surface area contributed by atoms with Crippen molar-refractivity contribution in [3.63, 3.8) is 0 Å². The van der Waals surface area contributed by atoms with Gasteiger partial charge in [-0.2, -0.15) is 0 Å². The standard InChI is InChI=1S/C16H28N2S/c1-14(2,3)13-18-11(10-19-13)8-17-9-12-15(4,5)16(12,6)7/h10,12,17H,8-9H2,1-7H3. The summed E-state index contributed by atoms with van der Waals surface area (Å²) in [5.41, 5.74) is 2.30. The molecule has 0 aliphatic heterocycles. The third-order valence-electron chi connectivity index (χ3n) is 5.17. The Kier molecular flexibility index (Phi) is 3.60. The fourth-order valence-electron chi connectivity index (χ4n) is 2.92. The molecule has 0 unspecified atom stereocenters. The summed E-state index contributed by atoms with van der Waals surface area (Å²) in [4.78, 5) is 4.73. The van der Waals surface area contributed by atoms with Crippen LogP contribution in [0.3, 0.4) is 0 Å². The molecule has 2 nitrogen and oxygen atoms in total. The van der Waals surface area contributed by atoms with Gasteiger partial charge in [0.05, 0.1) is 10.7 Å². The Labute approximate surface area is 122 Å². The second kappa shape index (κ2) is 4.56. The predicted octanol–water partition coefficient (Wildman–Crippen LogP) is 4.21. The fraction of sp³-hybridized carbons (Fsp3) is 0.812. The summed E-state index contributed by atoms with van der Waals surface area (Å²) >= 11 is 1.78. The molecule has 0 amide bonds. The highest BCUT2D eigenvalue weighted by Crippen LogP contribution is 2.67. The molecule has 19 heavy (non-hydrogen) atoms. The molecule has 1 fully saturated rings. The zero-order valence-electron chi connectivity index (χ0n) is 13.4. The number of thiazole rings is 1. The molecule has 0 spiro atoms. The SMILES string of the molecule is CC(C)(C)c1nc(CNCC2C(C)(C)C2(C)C)cs1. The Hall–Kier alpha value is -0.410. The van der Waals surface area contributed by atoms with E-state index < -0.39 is 0 Å². The van der Waals surface area contributed by atoms with Gasteiger partial charge in [0.1, 0.15) is 0 Å². The number of nitrogens with one attached hydrogen (secondary N) is 1. The summed E-state index contributed by atoms with van der Waals surface area (Å²) in [6.45, 7) is 18.2. The summed E-state index contributed by atoms with van der Waals surface area (Å²) in [6, 6.07) is 0. The molecular weight excluding hydrogens is 252 g/mol. The molecule has 0 aromatic carbocycles. The van der Waals surface area contributed by atoms with E-state index in [1.54, 1.807) is 11.3 Å². The van der Waals surface area contributed by atoms with Gasteiger partial charge >= 0.3 is 0 Å². The van der Waals surface area contributed by atoms with Gasteiger partial charge < -0.3 is 5.32 Å². The third kappa shape index (κ3) is 2.73. The van der Waals surface area contributed by atoms with Crippen molar-refractivity contribution in [2.45, 2.75) is 60.4 Å². The third-order valence-corrected chi connectivity index (χ3v) is 6.48. The summed E-state index contributed by atoms with van der Waals surface area (Å²) in [7, 11) is 0. The molecular formula is C16H28N2S. The normalized spacial score (nSPS) is 21.6. The second-order valence-electron chi connectivity index (χ2n) is 8.02. The minimum atomic E-state index is 0.170. The molecule has 108 valence electrons. The average molecular weight is 280 g/mol. The second-order valence-corrected chi connectivity index (χ2v) is 8.88. The molecule has 0 atom stereocenters. The molecule has 1 N–H and O–H groups in total. The van der Waals surface area contributed by atoms with Crippen LogP contribution >= 0.6 is 11.3 Å². The van der Waals surface area contributed by atoms with E-state index in [0.29, 0.717) is 10.8 Å². The number of hydrogen-bond acceptors (Lipinski definition) is 3. The van der Waals surface area contributed by atoms with E-state index in [9.17, 15) is 0 Å². The molecule has 0 bridgehead atoms. The van der Waals surface area contributed by atoms with Crippen LogP contribution in [-0.4, -0.2) is 11.5 Å². The van der Waals surface area contributed by atoms with Crippen molar-refractivity contribution >= 4 is 11.3 Å². The van der Waals surface area contributed by atoms with Gasteiger partial charge in [0.15, 0.2) is 0 Å². The first kappa shape index (κ1) is 15.0. The predicted molar refractivity (Wildman–Crippen MR) is 83.6 cm³/mol. The average Bonchev–Trinajstić information content (AvgIpc) is 2.67. The molecule has 0 radical (unpaired) electrons. The van der Waals surface area contributed by atoms with Crippen molar-refractivity contribution in [3.05, 3.63) is 16.1 Å². The molecule has 1 aliphatic carbocycles. The maximum atomic E-state index is 4.73. The smallest absolute Gasteiger partial charge is 0.0982 e. The van der Waals surface area contributed by atoms with E-state index in [2.05, 4.69) is 59.2 Å². The Balaban J connectivity index is 1.83. The van der Waals surface area contributed by atoms with Crippen LogP contribution in [0.25, 0.3) is 0 Å². The van der Waals surface area contributed by atoms with Gasteiger partial charge in [0.2, 0.25) is 0 Å². The monoisotopic (exact) mass is 280 g/mol. The highest BCUT2D eigenvalue weighted by atomic mass is 32.1. The van der Waals surface area contributed by atoms with Gasteiger partial charge in [-0.1, -0.05) is 48.5 Å². The van der Waals surface area contributed by atoms with Crippen molar-refractivity contribution in [2.24, 2.45) is 16.7 Å². The van der Waals surface area contributed by atoms with Gasteiger partial charge in [-0.15, -0.1) is 11.3 Å². The number of nitrogens with zero attached hydrogens (tertiary/aromatic N) is 1. The first-order valence-electron chi connectivity index (χ1n) is 7.22. The molecule has 1 aromatic heterocycles. The number of hydrogen-bond donors (Lipinski definition) is 1. The van der Waals surface area contributed by atoms with E-state index in [0.717, 1.165) is 19.0 Å².